The normalized spacial score (nSPS) is 36.6. The van der Waals surface area contributed by atoms with Gasteiger partial charge in [-0.15, -0.1) is 0 Å². The zero-order chi connectivity index (χ0) is 16.7. The third-order valence-electron chi connectivity index (χ3n) is 6.05. The molecule has 1 heterocycles. The van der Waals surface area contributed by atoms with Crippen LogP contribution in [-0.4, -0.2) is 37.3 Å². The van der Waals surface area contributed by atoms with Gasteiger partial charge in [-0.1, -0.05) is 44.2 Å². The van der Waals surface area contributed by atoms with Crippen LogP contribution in [0.15, 0.2) is 35.3 Å². The van der Waals surface area contributed by atoms with Crippen molar-refractivity contribution in [1.82, 2.24) is 10.6 Å². The lowest BCUT2D eigenvalue weighted by atomic mass is 9.57. The van der Waals surface area contributed by atoms with Gasteiger partial charge in [0.05, 0.1) is 6.10 Å². The quantitative estimate of drug-likeness (QED) is 0.660. The van der Waals surface area contributed by atoms with Gasteiger partial charge in [-0.05, 0) is 25.3 Å². The minimum atomic E-state index is 0.180. The Morgan fingerprint density at radius 1 is 1.25 bits per heavy atom. The van der Waals surface area contributed by atoms with Crippen LogP contribution < -0.4 is 10.6 Å². The fourth-order valence-electron chi connectivity index (χ4n) is 4.65. The summed E-state index contributed by atoms with van der Waals surface area (Å²) in [6.45, 7) is 8.42. The highest BCUT2D eigenvalue weighted by molar-refractivity contribution is 5.81. The second kappa shape index (κ2) is 6.07. The van der Waals surface area contributed by atoms with Crippen molar-refractivity contribution in [3.05, 3.63) is 35.9 Å². The van der Waals surface area contributed by atoms with Crippen LogP contribution in [0.2, 0.25) is 0 Å². The van der Waals surface area contributed by atoms with Crippen LogP contribution in [0.5, 0.6) is 0 Å². The van der Waals surface area contributed by atoms with E-state index in [1.807, 2.05) is 0 Å². The van der Waals surface area contributed by atoms with Gasteiger partial charge in [0.1, 0.15) is 0 Å². The summed E-state index contributed by atoms with van der Waals surface area (Å²) >= 11 is 0. The number of rotatable bonds is 4. The first-order valence-corrected chi connectivity index (χ1v) is 9.35. The van der Waals surface area contributed by atoms with E-state index in [0.717, 1.165) is 19.1 Å². The molecule has 130 valence electrons. The summed E-state index contributed by atoms with van der Waals surface area (Å²) in [4.78, 5) is 4.69. The van der Waals surface area contributed by atoms with E-state index in [0.29, 0.717) is 30.0 Å². The minimum absolute atomic E-state index is 0.180. The minimum Gasteiger partial charge on any atom is -0.377 e. The summed E-state index contributed by atoms with van der Waals surface area (Å²) in [5.74, 6) is 2.23. The van der Waals surface area contributed by atoms with Crippen molar-refractivity contribution in [1.29, 1.82) is 0 Å². The maximum atomic E-state index is 5.91. The molecule has 3 fully saturated rings. The van der Waals surface area contributed by atoms with Crippen LogP contribution in [0, 0.1) is 11.3 Å². The summed E-state index contributed by atoms with van der Waals surface area (Å²) < 4.78 is 5.91. The summed E-state index contributed by atoms with van der Waals surface area (Å²) in [5, 5.41) is 7.37. The lowest BCUT2D eigenvalue weighted by molar-refractivity contribution is -0.106. The first-order valence-electron chi connectivity index (χ1n) is 9.35. The Bertz CT molecular complexity index is 613. The lowest BCUT2D eigenvalue weighted by Gasteiger charge is -2.55. The van der Waals surface area contributed by atoms with E-state index in [-0.39, 0.29) is 5.41 Å². The Balaban J connectivity index is 1.39. The van der Waals surface area contributed by atoms with E-state index < -0.39 is 0 Å². The van der Waals surface area contributed by atoms with E-state index in [1.165, 1.54) is 18.4 Å². The van der Waals surface area contributed by atoms with Crippen LogP contribution >= 0.6 is 0 Å². The van der Waals surface area contributed by atoms with Crippen LogP contribution in [-0.2, 0) is 4.74 Å². The van der Waals surface area contributed by atoms with Crippen molar-refractivity contribution in [3.8, 4) is 0 Å². The number of fused-ring (bicyclic) bond motifs is 1. The number of hydrogen-bond acceptors (Lipinski definition) is 2. The zero-order valence-electron chi connectivity index (χ0n) is 15.0. The second-order valence-corrected chi connectivity index (χ2v) is 8.01. The second-order valence-electron chi connectivity index (χ2n) is 8.01. The molecule has 5 unspecified atom stereocenters. The molecule has 0 bridgehead atoms. The number of hydrogen-bond donors (Lipinski definition) is 2. The van der Waals surface area contributed by atoms with E-state index in [9.17, 15) is 0 Å². The predicted molar refractivity (Wildman–Crippen MR) is 97.3 cm³/mol. The van der Waals surface area contributed by atoms with Crippen LogP contribution in [0.3, 0.4) is 0 Å². The third kappa shape index (κ3) is 2.71. The standard InChI is InChI=1S/C20H29N3O/c1-4-21-19(22-16-12-15(16)13-8-6-5-7-9-13)23-17-14-10-11-24-18(14)20(17,2)3/h5-9,14-18H,4,10-12H2,1-3H3,(H2,21,22,23). The lowest BCUT2D eigenvalue weighted by Crippen LogP contribution is -2.68. The van der Waals surface area contributed by atoms with E-state index >= 15 is 0 Å². The van der Waals surface area contributed by atoms with Gasteiger partial charge in [-0.2, -0.15) is 0 Å². The average Bonchev–Trinajstić information content (AvgIpc) is 3.19. The van der Waals surface area contributed by atoms with Crippen molar-refractivity contribution in [2.24, 2.45) is 16.3 Å². The van der Waals surface area contributed by atoms with Crippen LogP contribution in [0.25, 0.3) is 0 Å². The molecule has 0 radical (unpaired) electrons. The van der Waals surface area contributed by atoms with Gasteiger partial charge in [0.15, 0.2) is 5.96 Å². The molecule has 1 aromatic carbocycles. The molecular formula is C20H29N3O. The Morgan fingerprint density at radius 2 is 2.04 bits per heavy atom. The summed E-state index contributed by atoms with van der Waals surface area (Å²) in [6.07, 6.45) is 2.77. The van der Waals surface area contributed by atoms with Gasteiger partial charge in [0.25, 0.3) is 0 Å². The predicted octanol–water partition coefficient (Wildman–Crippen LogP) is 2.91. The molecule has 2 saturated carbocycles. The average molecular weight is 327 g/mol. The molecule has 1 saturated heterocycles. The monoisotopic (exact) mass is 327 g/mol. The molecule has 2 N–H and O–H groups in total. The zero-order valence-corrected chi connectivity index (χ0v) is 15.0. The van der Waals surface area contributed by atoms with E-state index in [1.54, 1.807) is 0 Å². The van der Waals surface area contributed by atoms with E-state index in [2.05, 4.69) is 66.7 Å². The molecule has 24 heavy (non-hydrogen) atoms. The summed E-state index contributed by atoms with van der Waals surface area (Å²) in [7, 11) is 0. The molecule has 4 rings (SSSR count). The number of guanidine groups is 1. The topological polar surface area (TPSA) is 45.7 Å². The first kappa shape index (κ1) is 15.9. The van der Waals surface area contributed by atoms with Gasteiger partial charge in [-0.3, -0.25) is 4.99 Å². The van der Waals surface area contributed by atoms with Gasteiger partial charge in [0, 0.05) is 42.5 Å². The van der Waals surface area contributed by atoms with Crippen molar-refractivity contribution in [3.63, 3.8) is 0 Å². The molecule has 0 spiro atoms. The van der Waals surface area contributed by atoms with Crippen molar-refractivity contribution >= 4 is 5.96 Å². The smallest absolute Gasteiger partial charge is 0.191 e. The largest absolute Gasteiger partial charge is 0.377 e. The molecule has 2 aliphatic carbocycles. The number of aliphatic imine (C=N–C) groups is 1. The van der Waals surface area contributed by atoms with E-state index in [4.69, 9.17) is 4.74 Å². The van der Waals surface area contributed by atoms with Crippen molar-refractivity contribution in [2.75, 3.05) is 13.2 Å². The van der Waals surface area contributed by atoms with Crippen molar-refractivity contribution < 1.29 is 4.74 Å². The SMILES string of the molecule is CCN=C(NC1CC1c1ccccc1)NC1C2CCOC2C1(C)C. The highest BCUT2D eigenvalue weighted by Crippen LogP contribution is 2.52. The Kier molecular flexibility index (Phi) is 4.03. The maximum Gasteiger partial charge on any atom is 0.191 e. The van der Waals surface area contributed by atoms with Crippen LogP contribution in [0.4, 0.5) is 0 Å². The Hall–Kier alpha value is -1.55. The Morgan fingerprint density at radius 3 is 2.79 bits per heavy atom. The fourth-order valence-corrected chi connectivity index (χ4v) is 4.65. The molecule has 0 amide bonds. The molecule has 4 heteroatoms. The maximum absolute atomic E-state index is 5.91. The van der Waals surface area contributed by atoms with Gasteiger partial charge >= 0.3 is 0 Å². The van der Waals surface area contributed by atoms with Gasteiger partial charge < -0.3 is 15.4 Å². The van der Waals surface area contributed by atoms with Crippen LogP contribution in [0.1, 0.15) is 45.1 Å². The Labute approximate surface area is 145 Å². The molecule has 3 aliphatic rings. The summed E-state index contributed by atoms with van der Waals surface area (Å²) in [5.41, 5.74) is 1.61. The molecule has 0 aromatic heterocycles. The number of nitrogens with one attached hydrogen (secondary N) is 2. The van der Waals surface area contributed by atoms with Crippen molar-refractivity contribution in [2.45, 2.75) is 57.7 Å². The van der Waals surface area contributed by atoms with Gasteiger partial charge in [-0.25, -0.2) is 0 Å². The fraction of sp³-hybridized carbons (Fsp3) is 0.650. The number of benzene rings is 1. The molecule has 1 aromatic rings. The molecule has 5 atom stereocenters. The molecule has 4 nitrogen and oxygen atoms in total. The first-order chi connectivity index (χ1) is 11.6. The van der Waals surface area contributed by atoms with Gasteiger partial charge in [0.2, 0.25) is 0 Å². The summed E-state index contributed by atoms with van der Waals surface area (Å²) in [6, 6.07) is 11.7. The third-order valence-corrected chi connectivity index (χ3v) is 6.05. The number of ether oxygens (including phenoxy) is 1. The highest BCUT2D eigenvalue weighted by Gasteiger charge is 2.59. The molecule has 1 aliphatic heterocycles. The highest BCUT2D eigenvalue weighted by atomic mass is 16.5. The number of nitrogens with zero attached hydrogens (tertiary/aromatic N) is 1. The molecular weight excluding hydrogens is 298 g/mol.